The van der Waals surface area contributed by atoms with Gasteiger partial charge in [0, 0.05) is 13.2 Å². The van der Waals surface area contributed by atoms with Gasteiger partial charge in [0.2, 0.25) is 0 Å². The van der Waals surface area contributed by atoms with E-state index >= 15 is 0 Å². The molecular formula is C14H21F3N4O2. The number of alkyl halides is 3. The van der Waals surface area contributed by atoms with Gasteiger partial charge in [0.15, 0.2) is 6.10 Å². The van der Waals surface area contributed by atoms with Gasteiger partial charge in [-0.15, -0.1) is 0 Å². The van der Waals surface area contributed by atoms with E-state index in [4.69, 9.17) is 4.74 Å². The number of morpholine rings is 1. The molecule has 0 aromatic carbocycles. The van der Waals surface area contributed by atoms with E-state index in [0.29, 0.717) is 17.8 Å². The average molecular weight is 334 g/mol. The van der Waals surface area contributed by atoms with Crippen LogP contribution < -0.4 is 5.32 Å². The first-order valence-electron chi connectivity index (χ1n) is 7.35. The fourth-order valence-electron chi connectivity index (χ4n) is 2.60. The van der Waals surface area contributed by atoms with E-state index in [2.05, 4.69) is 10.4 Å². The zero-order valence-electron chi connectivity index (χ0n) is 13.6. The molecule has 1 aromatic rings. The Bertz CT molecular complexity index is 583. The molecule has 0 unspecified atom stereocenters. The first kappa shape index (κ1) is 17.6. The van der Waals surface area contributed by atoms with E-state index < -0.39 is 30.5 Å². The van der Waals surface area contributed by atoms with Crippen molar-refractivity contribution in [1.29, 1.82) is 0 Å². The molecular weight excluding hydrogens is 313 g/mol. The van der Waals surface area contributed by atoms with Crippen molar-refractivity contribution in [3.05, 3.63) is 11.9 Å². The van der Waals surface area contributed by atoms with Crippen LogP contribution in [-0.2, 0) is 18.2 Å². The summed E-state index contributed by atoms with van der Waals surface area (Å²) in [6, 6.07) is -0.585. The summed E-state index contributed by atoms with van der Waals surface area (Å²) in [5.74, 6) is 0. The number of aromatic nitrogens is 2. The molecule has 1 aliphatic rings. The highest BCUT2D eigenvalue weighted by Crippen LogP contribution is 2.32. The second-order valence-electron chi connectivity index (χ2n) is 6.24. The highest BCUT2D eigenvalue weighted by atomic mass is 19.4. The van der Waals surface area contributed by atoms with Crippen LogP contribution in [0, 0.1) is 0 Å². The van der Waals surface area contributed by atoms with Crippen LogP contribution in [-0.4, -0.2) is 51.7 Å². The lowest BCUT2D eigenvalue weighted by atomic mass is 10.1. The van der Waals surface area contributed by atoms with Gasteiger partial charge < -0.3 is 15.0 Å². The molecule has 2 rings (SSSR count). The van der Waals surface area contributed by atoms with Crippen molar-refractivity contribution in [1.82, 2.24) is 14.7 Å². The van der Waals surface area contributed by atoms with E-state index in [1.54, 1.807) is 17.9 Å². The Kier molecular flexibility index (Phi) is 4.61. The van der Waals surface area contributed by atoms with Crippen molar-refractivity contribution in [3.63, 3.8) is 0 Å². The number of rotatable bonds is 2. The number of nitrogens with one attached hydrogen (secondary N) is 1. The highest BCUT2D eigenvalue weighted by Gasteiger charge is 2.49. The number of carbonyl (C=O) groups is 1. The maximum Gasteiger partial charge on any atom is 0.416 e. The van der Waals surface area contributed by atoms with Gasteiger partial charge in [0.05, 0.1) is 30.1 Å². The van der Waals surface area contributed by atoms with Gasteiger partial charge in [-0.05, 0) is 20.3 Å². The summed E-state index contributed by atoms with van der Waals surface area (Å²) in [7, 11) is 1.71. The average Bonchev–Trinajstić information content (AvgIpc) is 2.75. The van der Waals surface area contributed by atoms with Crippen LogP contribution in [0.5, 0.6) is 0 Å². The van der Waals surface area contributed by atoms with Crippen molar-refractivity contribution >= 4 is 11.7 Å². The number of carbonyl (C=O) groups excluding carboxylic acids is 1. The van der Waals surface area contributed by atoms with Crippen LogP contribution in [0.2, 0.25) is 0 Å². The molecule has 0 saturated carbocycles. The number of aryl methyl sites for hydroxylation is 2. The predicted octanol–water partition coefficient (Wildman–Crippen LogP) is 2.56. The van der Waals surface area contributed by atoms with E-state index in [1.807, 2.05) is 6.92 Å². The normalized spacial score (nSPS) is 21.3. The van der Waals surface area contributed by atoms with Crippen LogP contribution in [0.3, 0.4) is 0 Å². The van der Waals surface area contributed by atoms with E-state index in [-0.39, 0.29) is 6.54 Å². The number of anilines is 1. The Morgan fingerprint density at radius 3 is 2.74 bits per heavy atom. The standard InChI is InChI=1S/C14H21F3N4O2/c1-5-9-10(6-20(4)19-9)18-12(22)21-7-11(14(15,16)17)23-13(2,3)8-21/h6,11H,5,7-8H2,1-4H3,(H,18,22)/t11-/m1/s1. The molecule has 1 aromatic heterocycles. The molecule has 130 valence electrons. The molecule has 6 nitrogen and oxygen atoms in total. The maximum absolute atomic E-state index is 13.0. The number of amides is 2. The molecule has 0 radical (unpaired) electrons. The van der Waals surface area contributed by atoms with Gasteiger partial charge in [-0.1, -0.05) is 6.92 Å². The molecule has 1 saturated heterocycles. The second-order valence-corrected chi connectivity index (χ2v) is 6.24. The monoisotopic (exact) mass is 334 g/mol. The van der Waals surface area contributed by atoms with Gasteiger partial charge in [-0.2, -0.15) is 18.3 Å². The van der Waals surface area contributed by atoms with E-state index in [9.17, 15) is 18.0 Å². The Morgan fingerprint density at radius 2 is 2.17 bits per heavy atom. The smallest absolute Gasteiger partial charge is 0.359 e. The maximum atomic E-state index is 13.0. The van der Waals surface area contributed by atoms with Crippen LogP contribution in [0.25, 0.3) is 0 Å². The molecule has 0 spiro atoms. The number of urea groups is 1. The Hall–Kier alpha value is -1.77. The third-order valence-corrected chi connectivity index (χ3v) is 3.55. The van der Waals surface area contributed by atoms with Crippen molar-refractivity contribution in [2.45, 2.75) is 45.1 Å². The number of hydrogen-bond acceptors (Lipinski definition) is 3. The van der Waals surface area contributed by atoms with Crippen LogP contribution in [0.15, 0.2) is 6.20 Å². The summed E-state index contributed by atoms with van der Waals surface area (Å²) in [6.45, 7) is 4.50. The number of ether oxygens (including phenoxy) is 1. The third-order valence-electron chi connectivity index (χ3n) is 3.55. The minimum atomic E-state index is -4.51. The van der Waals surface area contributed by atoms with Crippen molar-refractivity contribution in [2.24, 2.45) is 7.05 Å². The molecule has 1 fully saturated rings. The Labute approximate surface area is 132 Å². The lowest BCUT2D eigenvalue weighted by Gasteiger charge is -2.43. The Morgan fingerprint density at radius 1 is 1.52 bits per heavy atom. The molecule has 9 heteroatoms. The molecule has 1 N–H and O–H groups in total. The summed E-state index contributed by atoms with van der Waals surface area (Å²) in [5.41, 5.74) is 0.117. The number of nitrogens with zero attached hydrogens (tertiary/aromatic N) is 3. The van der Waals surface area contributed by atoms with Crippen molar-refractivity contribution in [2.75, 3.05) is 18.4 Å². The fourth-order valence-corrected chi connectivity index (χ4v) is 2.60. The zero-order chi connectivity index (χ0) is 17.4. The van der Waals surface area contributed by atoms with Gasteiger partial charge in [0.1, 0.15) is 0 Å². The van der Waals surface area contributed by atoms with Crippen LogP contribution in [0.4, 0.5) is 23.7 Å². The topological polar surface area (TPSA) is 59.4 Å². The van der Waals surface area contributed by atoms with Crippen LogP contribution in [0.1, 0.15) is 26.5 Å². The van der Waals surface area contributed by atoms with Gasteiger partial charge >= 0.3 is 12.2 Å². The summed E-state index contributed by atoms with van der Waals surface area (Å²) in [4.78, 5) is 13.5. The molecule has 2 heterocycles. The van der Waals surface area contributed by atoms with Gasteiger partial charge in [0.25, 0.3) is 0 Å². The summed E-state index contributed by atoms with van der Waals surface area (Å²) in [6.07, 6.45) is -4.27. The molecule has 1 aliphatic heterocycles. The first-order chi connectivity index (χ1) is 10.5. The lowest BCUT2D eigenvalue weighted by Crippen LogP contribution is -2.59. The van der Waals surface area contributed by atoms with E-state index in [0.717, 1.165) is 4.90 Å². The fraction of sp³-hybridized carbons (Fsp3) is 0.714. The minimum Gasteiger partial charge on any atom is -0.359 e. The zero-order valence-corrected chi connectivity index (χ0v) is 13.6. The highest BCUT2D eigenvalue weighted by molar-refractivity contribution is 5.90. The summed E-state index contributed by atoms with van der Waals surface area (Å²) in [5, 5.41) is 6.83. The molecule has 0 aliphatic carbocycles. The summed E-state index contributed by atoms with van der Waals surface area (Å²) >= 11 is 0. The molecule has 23 heavy (non-hydrogen) atoms. The lowest BCUT2D eigenvalue weighted by molar-refractivity contribution is -0.267. The second kappa shape index (κ2) is 6.03. The minimum absolute atomic E-state index is 0.0765. The van der Waals surface area contributed by atoms with Crippen molar-refractivity contribution in [3.8, 4) is 0 Å². The SMILES string of the molecule is CCc1nn(C)cc1NC(=O)N1C[C@H](C(F)(F)F)OC(C)(C)C1. The van der Waals surface area contributed by atoms with Gasteiger partial charge in [-0.3, -0.25) is 4.68 Å². The third kappa shape index (κ3) is 4.15. The number of halogens is 3. The Balaban J connectivity index is 2.14. The molecule has 0 bridgehead atoms. The van der Waals surface area contributed by atoms with Crippen molar-refractivity contribution < 1.29 is 22.7 Å². The number of hydrogen-bond donors (Lipinski definition) is 1. The molecule has 2 amide bonds. The largest absolute Gasteiger partial charge is 0.416 e. The van der Waals surface area contributed by atoms with Gasteiger partial charge in [-0.25, -0.2) is 4.79 Å². The molecule has 1 atom stereocenters. The first-order valence-corrected chi connectivity index (χ1v) is 7.35. The summed E-state index contributed by atoms with van der Waals surface area (Å²) < 4.78 is 45.5. The quantitative estimate of drug-likeness (QED) is 0.904. The predicted molar refractivity (Wildman–Crippen MR) is 78.2 cm³/mol. The van der Waals surface area contributed by atoms with E-state index in [1.165, 1.54) is 13.8 Å². The van der Waals surface area contributed by atoms with Crippen LogP contribution >= 0.6 is 0 Å².